The molecule has 30 heavy (non-hydrogen) atoms. The standard InChI is InChI=1S/C23H20O7/c1-12(2)22-21(26)15-7-8-17-20(23(15)30-22)16(10-18(24)29-17)13-5-4-6-14(9-13)28-11-19(25)27-3/h4-9,16H,10-11H2,1-3H3/t16-/m1/s1. The number of hydrogen-bond donors (Lipinski definition) is 0. The van der Waals surface area contributed by atoms with Crippen molar-refractivity contribution in [2.24, 2.45) is 0 Å². The van der Waals surface area contributed by atoms with Crippen molar-refractivity contribution in [3.63, 3.8) is 0 Å². The number of methoxy groups -OCH3 is 1. The lowest BCUT2D eigenvalue weighted by atomic mass is 9.84. The highest BCUT2D eigenvalue weighted by Gasteiger charge is 2.38. The fraction of sp³-hybridized carbons (Fsp3) is 0.261. The molecule has 4 rings (SSSR count). The molecule has 0 radical (unpaired) electrons. The normalized spacial score (nSPS) is 16.9. The largest absolute Gasteiger partial charge is 0.482 e. The van der Waals surface area contributed by atoms with E-state index >= 15 is 0 Å². The molecule has 0 aliphatic carbocycles. The van der Waals surface area contributed by atoms with Gasteiger partial charge in [-0.15, -0.1) is 0 Å². The number of carbonyl (C=O) groups excluding carboxylic acids is 3. The molecule has 0 aromatic heterocycles. The molecular weight excluding hydrogens is 388 g/mol. The van der Waals surface area contributed by atoms with Crippen LogP contribution in [0.1, 0.15) is 47.7 Å². The van der Waals surface area contributed by atoms with Crippen molar-refractivity contribution in [3.05, 3.63) is 64.4 Å². The van der Waals surface area contributed by atoms with E-state index in [0.29, 0.717) is 34.1 Å². The Bertz CT molecular complexity index is 1090. The summed E-state index contributed by atoms with van der Waals surface area (Å²) in [4.78, 5) is 36.3. The zero-order valence-corrected chi connectivity index (χ0v) is 16.8. The molecule has 0 saturated carbocycles. The Labute approximate surface area is 173 Å². The topological polar surface area (TPSA) is 88.1 Å². The number of ether oxygens (including phenoxy) is 4. The lowest BCUT2D eigenvalue weighted by Crippen LogP contribution is -2.21. The van der Waals surface area contributed by atoms with Crippen LogP contribution in [0.15, 0.2) is 47.7 Å². The zero-order valence-electron chi connectivity index (χ0n) is 16.8. The predicted octanol–water partition coefficient (Wildman–Crippen LogP) is 3.55. The maximum absolute atomic E-state index is 12.7. The Kier molecular flexibility index (Phi) is 5.03. The van der Waals surface area contributed by atoms with E-state index in [4.69, 9.17) is 14.2 Å². The molecule has 1 atom stereocenters. The van der Waals surface area contributed by atoms with Crippen molar-refractivity contribution in [3.8, 4) is 17.2 Å². The van der Waals surface area contributed by atoms with E-state index in [1.807, 2.05) is 19.9 Å². The number of carbonyl (C=O) groups is 3. The monoisotopic (exact) mass is 408 g/mol. The van der Waals surface area contributed by atoms with Crippen molar-refractivity contribution in [2.45, 2.75) is 26.2 Å². The Hall–Kier alpha value is -3.61. The molecule has 0 spiro atoms. The maximum atomic E-state index is 12.7. The summed E-state index contributed by atoms with van der Waals surface area (Å²) in [6.45, 7) is 3.40. The van der Waals surface area contributed by atoms with E-state index < -0.39 is 5.97 Å². The van der Waals surface area contributed by atoms with Gasteiger partial charge in [-0.25, -0.2) is 4.79 Å². The Balaban J connectivity index is 1.77. The van der Waals surface area contributed by atoms with Crippen LogP contribution in [-0.4, -0.2) is 31.4 Å². The maximum Gasteiger partial charge on any atom is 0.343 e. The van der Waals surface area contributed by atoms with Gasteiger partial charge in [-0.2, -0.15) is 0 Å². The minimum atomic E-state index is -0.494. The first-order chi connectivity index (χ1) is 14.4. The number of fused-ring (bicyclic) bond motifs is 3. The number of hydrogen-bond acceptors (Lipinski definition) is 7. The number of esters is 2. The average molecular weight is 408 g/mol. The molecule has 0 fully saturated rings. The number of Topliss-reactive ketones (excluding diaryl/α,β-unsaturated/α-hetero) is 1. The molecule has 7 nitrogen and oxygen atoms in total. The molecule has 7 heteroatoms. The second-order valence-corrected chi connectivity index (χ2v) is 7.28. The first-order valence-electron chi connectivity index (χ1n) is 9.46. The molecule has 2 aliphatic rings. The van der Waals surface area contributed by atoms with Crippen molar-refractivity contribution >= 4 is 17.7 Å². The summed E-state index contributed by atoms with van der Waals surface area (Å²) in [5, 5.41) is 0. The molecule has 2 heterocycles. The highest BCUT2D eigenvalue weighted by atomic mass is 16.6. The van der Waals surface area contributed by atoms with Crippen LogP contribution in [0.3, 0.4) is 0 Å². The fourth-order valence-electron chi connectivity index (χ4n) is 3.63. The quantitative estimate of drug-likeness (QED) is 0.434. The molecule has 2 aliphatic heterocycles. The van der Waals surface area contributed by atoms with Crippen LogP contribution in [0.5, 0.6) is 17.2 Å². The predicted molar refractivity (Wildman–Crippen MR) is 106 cm³/mol. The zero-order chi connectivity index (χ0) is 21.4. The van der Waals surface area contributed by atoms with Gasteiger partial charge in [-0.1, -0.05) is 12.1 Å². The summed E-state index contributed by atoms with van der Waals surface area (Å²) in [6.07, 6.45) is 0.0889. The Morgan fingerprint density at radius 2 is 1.93 bits per heavy atom. The summed E-state index contributed by atoms with van der Waals surface area (Å²) < 4.78 is 21.4. The summed E-state index contributed by atoms with van der Waals surface area (Å²) in [5.41, 5.74) is 2.66. The SMILES string of the molecule is COC(=O)COc1cccc([C@H]2CC(=O)Oc3ccc4c(c32)OC(=C(C)C)C4=O)c1. The van der Waals surface area contributed by atoms with Gasteiger partial charge in [0.25, 0.3) is 0 Å². The minimum absolute atomic E-state index is 0.0889. The number of rotatable bonds is 4. The smallest absolute Gasteiger partial charge is 0.343 e. The van der Waals surface area contributed by atoms with E-state index in [-0.39, 0.29) is 30.7 Å². The van der Waals surface area contributed by atoms with E-state index in [9.17, 15) is 14.4 Å². The molecule has 2 aromatic rings. The second kappa shape index (κ2) is 7.67. The molecule has 154 valence electrons. The average Bonchev–Trinajstić information content (AvgIpc) is 3.08. The van der Waals surface area contributed by atoms with Gasteiger partial charge in [0.1, 0.15) is 17.2 Å². The third kappa shape index (κ3) is 3.43. The molecule has 0 saturated heterocycles. The van der Waals surface area contributed by atoms with Crippen LogP contribution in [0, 0.1) is 0 Å². The lowest BCUT2D eigenvalue weighted by Gasteiger charge is -2.26. The minimum Gasteiger partial charge on any atom is -0.482 e. The second-order valence-electron chi connectivity index (χ2n) is 7.28. The Morgan fingerprint density at radius 1 is 1.13 bits per heavy atom. The van der Waals surface area contributed by atoms with Crippen molar-refractivity contribution in [1.82, 2.24) is 0 Å². The number of ketones is 1. The van der Waals surface area contributed by atoms with Gasteiger partial charge in [0.2, 0.25) is 5.78 Å². The summed E-state index contributed by atoms with van der Waals surface area (Å²) in [5.74, 6) is 0.120. The van der Waals surface area contributed by atoms with Gasteiger partial charge in [0.15, 0.2) is 12.4 Å². The third-order valence-corrected chi connectivity index (χ3v) is 5.05. The van der Waals surface area contributed by atoms with Crippen LogP contribution in [0.25, 0.3) is 0 Å². The van der Waals surface area contributed by atoms with Crippen LogP contribution in [0.2, 0.25) is 0 Å². The highest BCUT2D eigenvalue weighted by molar-refractivity contribution is 6.13. The van der Waals surface area contributed by atoms with E-state index in [2.05, 4.69) is 4.74 Å². The van der Waals surface area contributed by atoms with Crippen LogP contribution >= 0.6 is 0 Å². The van der Waals surface area contributed by atoms with Gasteiger partial charge in [-0.05, 0) is 49.2 Å². The van der Waals surface area contributed by atoms with Gasteiger partial charge >= 0.3 is 11.9 Å². The third-order valence-electron chi connectivity index (χ3n) is 5.05. The highest BCUT2D eigenvalue weighted by Crippen LogP contribution is 2.49. The van der Waals surface area contributed by atoms with Gasteiger partial charge in [0.05, 0.1) is 19.1 Å². The van der Waals surface area contributed by atoms with E-state index in [0.717, 1.165) is 11.1 Å². The van der Waals surface area contributed by atoms with E-state index in [1.54, 1.807) is 30.3 Å². The van der Waals surface area contributed by atoms with Crippen molar-refractivity contribution in [2.75, 3.05) is 13.7 Å². The van der Waals surface area contributed by atoms with Crippen LogP contribution in [0.4, 0.5) is 0 Å². The molecule has 0 amide bonds. The van der Waals surface area contributed by atoms with Gasteiger partial charge in [0, 0.05) is 11.5 Å². The van der Waals surface area contributed by atoms with Crippen LogP contribution < -0.4 is 14.2 Å². The molecule has 0 bridgehead atoms. The molecule has 0 unspecified atom stereocenters. The number of benzene rings is 2. The molecule has 2 aromatic carbocycles. The first kappa shape index (κ1) is 19.7. The van der Waals surface area contributed by atoms with Crippen molar-refractivity contribution < 1.29 is 33.3 Å². The lowest BCUT2D eigenvalue weighted by molar-refractivity contribution is -0.143. The Morgan fingerprint density at radius 3 is 2.67 bits per heavy atom. The van der Waals surface area contributed by atoms with E-state index in [1.165, 1.54) is 7.11 Å². The first-order valence-corrected chi connectivity index (χ1v) is 9.46. The summed E-state index contributed by atoms with van der Waals surface area (Å²) in [7, 11) is 1.29. The fourth-order valence-corrected chi connectivity index (χ4v) is 3.63. The number of allylic oxidation sites excluding steroid dienone is 2. The van der Waals surface area contributed by atoms with Gasteiger partial charge < -0.3 is 18.9 Å². The van der Waals surface area contributed by atoms with Gasteiger partial charge in [-0.3, -0.25) is 9.59 Å². The summed E-state index contributed by atoms with van der Waals surface area (Å²) in [6, 6.07) is 10.4. The molecule has 0 N–H and O–H groups in total. The molecular formula is C23H20O7. The van der Waals surface area contributed by atoms with Crippen LogP contribution in [-0.2, 0) is 14.3 Å². The van der Waals surface area contributed by atoms with Crippen molar-refractivity contribution in [1.29, 1.82) is 0 Å². The summed E-state index contributed by atoms with van der Waals surface area (Å²) >= 11 is 0.